The highest BCUT2D eigenvalue weighted by Gasteiger charge is 2.09. The molecule has 0 aliphatic carbocycles. The Hall–Kier alpha value is -2.41. The van der Waals surface area contributed by atoms with E-state index in [1.54, 1.807) is 12.1 Å². The number of hydrogen-bond donors (Lipinski definition) is 2. The lowest BCUT2D eigenvalue weighted by Gasteiger charge is -2.07. The van der Waals surface area contributed by atoms with E-state index in [2.05, 4.69) is 31.3 Å². The Bertz CT molecular complexity index is 800. The molecule has 3 aromatic rings. The number of hydrogen-bond acceptors (Lipinski definition) is 4. The van der Waals surface area contributed by atoms with Crippen LogP contribution in [0.1, 0.15) is 10.5 Å². The van der Waals surface area contributed by atoms with Gasteiger partial charge >= 0.3 is 5.97 Å². The lowest BCUT2D eigenvalue weighted by atomic mass is 10.3. The van der Waals surface area contributed by atoms with E-state index in [9.17, 15) is 4.79 Å². The van der Waals surface area contributed by atoms with Gasteiger partial charge in [-0.2, -0.15) is 0 Å². The van der Waals surface area contributed by atoms with Crippen molar-refractivity contribution in [1.82, 2.24) is 14.6 Å². The van der Waals surface area contributed by atoms with Gasteiger partial charge in [0, 0.05) is 4.47 Å². The summed E-state index contributed by atoms with van der Waals surface area (Å²) in [7, 11) is 0. The Morgan fingerprint density at radius 2 is 2.05 bits per heavy atom. The molecule has 1 aromatic carbocycles. The van der Waals surface area contributed by atoms with Gasteiger partial charge in [-0.25, -0.2) is 14.3 Å². The number of anilines is 2. The van der Waals surface area contributed by atoms with Gasteiger partial charge in [-0.05, 0) is 40.2 Å². The van der Waals surface area contributed by atoms with E-state index in [4.69, 9.17) is 5.11 Å². The number of benzene rings is 1. The van der Waals surface area contributed by atoms with Crippen molar-refractivity contribution in [2.75, 3.05) is 5.32 Å². The zero-order valence-electron chi connectivity index (χ0n) is 10.1. The van der Waals surface area contributed by atoms with Gasteiger partial charge in [0.1, 0.15) is 0 Å². The molecule has 100 valence electrons. The Labute approximate surface area is 122 Å². The first-order valence-electron chi connectivity index (χ1n) is 5.75. The highest BCUT2D eigenvalue weighted by atomic mass is 79.9. The molecule has 3 rings (SSSR count). The molecule has 0 amide bonds. The minimum Gasteiger partial charge on any atom is -0.476 e. The molecule has 0 bridgehead atoms. The molecule has 0 aliphatic heterocycles. The summed E-state index contributed by atoms with van der Waals surface area (Å²) in [6.45, 7) is 0. The van der Waals surface area contributed by atoms with Crippen molar-refractivity contribution in [2.45, 2.75) is 0 Å². The summed E-state index contributed by atoms with van der Waals surface area (Å²) >= 11 is 3.44. The third-order valence-corrected chi connectivity index (χ3v) is 3.37. The topological polar surface area (TPSA) is 79.5 Å². The van der Waals surface area contributed by atoms with Crippen LogP contribution in [-0.4, -0.2) is 25.7 Å². The number of rotatable bonds is 3. The molecule has 6 nitrogen and oxygen atoms in total. The summed E-state index contributed by atoms with van der Waals surface area (Å²) in [6.07, 6.45) is 1.38. The monoisotopic (exact) mass is 332 g/mol. The lowest BCUT2D eigenvalue weighted by molar-refractivity contribution is 0.0691. The van der Waals surface area contributed by atoms with E-state index in [0.717, 1.165) is 10.2 Å². The van der Waals surface area contributed by atoms with E-state index in [1.165, 1.54) is 10.7 Å². The summed E-state index contributed by atoms with van der Waals surface area (Å²) in [4.78, 5) is 14.8. The third kappa shape index (κ3) is 2.35. The number of para-hydroxylation sites is 1. The molecule has 2 aromatic heterocycles. The van der Waals surface area contributed by atoms with Crippen molar-refractivity contribution in [1.29, 1.82) is 0 Å². The summed E-state index contributed by atoms with van der Waals surface area (Å²) in [5.41, 5.74) is 1.33. The SMILES string of the molecule is O=C(O)c1cn2nc(Nc3ccccc3Br)ccc2n1. The molecular weight excluding hydrogens is 324 g/mol. The van der Waals surface area contributed by atoms with Gasteiger partial charge in [0.15, 0.2) is 17.2 Å². The van der Waals surface area contributed by atoms with Gasteiger partial charge in [0.2, 0.25) is 0 Å². The molecule has 20 heavy (non-hydrogen) atoms. The maximum atomic E-state index is 10.9. The fourth-order valence-corrected chi connectivity index (χ4v) is 2.14. The standard InChI is InChI=1S/C13H9BrN4O2/c14-8-3-1-2-4-9(8)15-11-5-6-12-16-10(13(19)20)7-18(12)17-11/h1-7H,(H,15,17)(H,19,20). The fraction of sp³-hybridized carbons (Fsp3) is 0. The Kier molecular flexibility index (Phi) is 3.11. The summed E-state index contributed by atoms with van der Waals surface area (Å²) in [5, 5.41) is 16.3. The van der Waals surface area contributed by atoms with Gasteiger partial charge in [0.05, 0.1) is 11.9 Å². The van der Waals surface area contributed by atoms with Crippen molar-refractivity contribution in [3.8, 4) is 0 Å². The number of carboxylic acid groups (broad SMARTS) is 1. The van der Waals surface area contributed by atoms with E-state index in [-0.39, 0.29) is 5.69 Å². The molecule has 0 radical (unpaired) electrons. The van der Waals surface area contributed by atoms with E-state index >= 15 is 0 Å². The molecule has 0 saturated heterocycles. The zero-order valence-corrected chi connectivity index (χ0v) is 11.7. The molecule has 7 heteroatoms. The van der Waals surface area contributed by atoms with Gasteiger partial charge in [-0.15, -0.1) is 5.10 Å². The quantitative estimate of drug-likeness (QED) is 0.770. The van der Waals surface area contributed by atoms with E-state index in [0.29, 0.717) is 11.5 Å². The van der Waals surface area contributed by atoms with Crippen LogP contribution in [0.15, 0.2) is 47.1 Å². The minimum atomic E-state index is -1.07. The van der Waals surface area contributed by atoms with Crippen LogP contribution in [0.5, 0.6) is 0 Å². The summed E-state index contributed by atoms with van der Waals surface area (Å²) in [6, 6.07) is 11.1. The Morgan fingerprint density at radius 3 is 2.80 bits per heavy atom. The number of nitrogens with one attached hydrogen (secondary N) is 1. The van der Waals surface area contributed by atoms with Crippen molar-refractivity contribution in [2.24, 2.45) is 0 Å². The normalized spacial score (nSPS) is 10.7. The lowest BCUT2D eigenvalue weighted by Crippen LogP contribution is -1.98. The van der Waals surface area contributed by atoms with Crippen molar-refractivity contribution in [3.05, 3.63) is 52.8 Å². The first-order valence-corrected chi connectivity index (χ1v) is 6.54. The number of fused-ring (bicyclic) bond motifs is 1. The van der Waals surface area contributed by atoms with Gasteiger partial charge < -0.3 is 10.4 Å². The summed E-state index contributed by atoms with van der Waals surface area (Å²) < 4.78 is 2.35. The van der Waals surface area contributed by atoms with E-state index < -0.39 is 5.97 Å². The molecule has 0 unspecified atom stereocenters. The first-order chi connectivity index (χ1) is 9.63. The van der Waals surface area contributed by atoms with Gasteiger partial charge in [0.25, 0.3) is 0 Å². The molecule has 0 saturated carbocycles. The average molecular weight is 333 g/mol. The predicted molar refractivity (Wildman–Crippen MR) is 77.4 cm³/mol. The van der Waals surface area contributed by atoms with Crippen molar-refractivity contribution >= 4 is 39.1 Å². The van der Waals surface area contributed by atoms with Crippen molar-refractivity contribution in [3.63, 3.8) is 0 Å². The highest BCUT2D eigenvalue weighted by molar-refractivity contribution is 9.10. The second-order valence-electron chi connectivity index (χ2n) is 4.06. The predicted octanol–water partition coefficient (Wildman–Crippen LogP) is 2.93. The van der Waals surface area contributed by atoms with E-state index in [1.807, 2.05) is 24.3 Å². The number of nitrogens with zero attached hydrogens (tertiary/aromatic N) is 3. The van der Waals surface area contributed by atoms with Crippen LogP contribution >= 0.6 is 15.9 Å². The van der Waals surface area contributed by atoms with Gasteiger partial charge in [-0.3, -0.25) is 0 Å². The summed E-state index contributed by atoms with van der Waals surface area (Å²) in [5.74, 6) is -0.477. The fourth-order valence-electron chi connectivity index (χ4n) is 1.75. The first kappa shape index (κ1) is 12.6. The van der Waals surface area contributed by atoms with Crippen LogP contribution in [0.4, 0.5) is 11.5 Å². The van der Waals surface area contributed by atoms with Crippen LogP contribution < -0.4 is 5.32 Å². The average Bonchev–Trinajstić information content (AvgIpc) is 2.85. The van der Waals surface area contributed by atoms with Crippen LogP contribution in [0, 0.1) is 0 Å². The highest BCUT2D eigenvalue weighted by Crippen LogP contribution is 2.24. The second kappa shape index (κ2) is 4.93. The van der Waals surface area contributed by atoms with Crippen LogP contribution in [0.2, 0.25) is 0 Å². The number of aromatic nitrogens is 3. The molecule has 0 fully saturated rings. The maximum absolute atomic E-state index is 10.9. The molecular formula is C13H9BrN4O2. The number of carboxylic acids is 1. The Balaban J connectivity index is 1.97. The van der Waals surface area contributed by atoms with Crippen LogP contribution in [0.25, 0.3) is 5.65 Å². The molecule has 0 spiro atoms. The smallest absolute Gasteiger partial charge is 0.356 e. The zero-order chi connectivity index (χ0) is 14.1. The third-order valence-electron chi connectivity index (χ3n) is 2.68. The largest absolute Gasteiger partial charge is 0.476 e. The minimum absolute atomic E-state index is 0.0319. The molecule has 2 N–H and O–H groups in total. The number of carbonyl (C=O) groups is 1. The van der Waals surface area contributed by atoms with Crippen LogP contribution in [0.3, 0.4) is 0 Å². The maximum Gasteiger partial charge on any atom is 0.356 e. The number of imidazole rings is 1. The number of halogens is 1. The Morgan fingerprint density at radius 1 is 1.25 bits per heavy atom. The molecule has 0 atom stereocenters. The molecule has 2 heterocycles. The second-order valence-corrected chi connectivity index (χ2v) is 4.91. The molecule has 0 aliphatic rings. The van der Waals surface area contributed by atoms with Crippen molar-refractivity contribution < 1.29 is 9.90 Å². The van der Waals surface area contributed by atoms with Crippen LogP contribution in [-0.2, 0) is 0 Å². The number of aromatic carboxylic acids is 1. The van der Waals surface area contributed by atoms with Gasteiger partial charge in [-0.1, -0.05) is 12.1 Å².